The molecular weight excluding hydrogens is 468 g/mol. The molecule has 5 rings (SSSR count). The molecule has 0 aromatic heterocycles. The quantitative estimate of drug-likeness (QED) is 0.286. The standard InChI is InChI=1S/C31H52O4S/c32-21-22-1-3-23(4-2-22)24-5-7-25(8-6-24)26-9-11-27(12-10-26)28-13-15-29(16-14-28)30-17-19-31(20-18-30)36(33,34)35/h21-31H,1-20H2,(H,33,34,35). The molecule has 0 amide bonds. The molecule has 0 radical (unpaired) electrons. The van der Waals surface area contributed by atoms with Crippen molar-refractivity contribution in [2.45, 2.75) is 134 Å². The molecule has 5 heteroatoms. The van der Waals surface area contributed by atoms with Gasteiger partial charge in [-0.2, -0.15) is 8.42 Å². The third-order valence-electron chi connectivity index (χ3n) is 12.3. The van der Waals surface area contributed by atoms with Crippen molar-refractivity contribution in [1.82, 2.24) is 0 Å². The Balaban J connectivity index is 0.987. The van der Waals surface area contributed by atoms with Gasteiger partial charge in [0.15, 0.2) is 0 Å². The van der Waals surface area contributed by atoms with Gasteiger partial charge >= 0.3 is 0 Å². The zero-order valence-corrected chi connectivity index (χ0v) is 23.4. The van der Waals surface area contributed by atoms with Gasteiger partial charge in [-0.1, -0.05) is 0 Å². The second kappa shape index (κ2) is 12.2. The van der Waals surface area contributed by atoms with E-state index in [0.29, 0.717) is 24.7 Å². The summed E-state index contributed by atoms with van der Waals surface area (Å²) in [6, 6.07) is 0. The van der Waals surface area contributed by atoms with E-state index in [4.69, 9.17) is 0 Å². The summed E-state index contributed by atoms with van der Waals surface area (Å²) in [5.74, 6) is 7.57. The van der Waals surface area contributed by atoms with Crippen molar-refractivity contribution in [1.29, 1.82) is 0 Å². The highest BCUT2D eigenvalue weighted by Gasteiger charge is 2.38. The lowest BCUT2D eigenvalue weighted by Crippen LogP contribution is -2.33. The maximum Gasteiger partial charge on any atom is 0.267 e. The van der Waals surface area contributed by atoms with Crippen molar-refractivity contribution in [3.8, 4) is 0 Å². The van der Waals surface area contributed by atoms with E-state index in [9.17, 15) is 17.8 Å². The summed E-state index contributed by atoms with van der Waals surface area (Å²) in [4.78, 5) is 11.1. The van der Waals surface area contributed by atoms with E-state index >= 15 is 0 Å². The first-order valence-electron chi connectivity index (χ1n) is 15.8. The molecule has 5 fully saturated rings. The number of carbonyl (C=O) groups is 1. The molecule has 0 aromatic carbocycles. The Labute approximate surface area is 220 Å². The second-order valence-corrected chi connectivity index (χ2v) is 15.6. The lowest BCUT2D eigenvalue weighted by molar-refractivity contribution is -0.112. The van der Waals surface area contributed by atoms with Crippen molar-refractivity contribution in [3.63, 3.8) is 0 Å². The van der Waals surface area contributed by atoms with E-state index in [2.05, 4.69) is 0 Å². The second-order valence-electron chi connectivity index (χ2n) is 13.9. The first-order valence-corrected chi connectivity index (χ1v) is 17.3. The maximum absolute atomic E-state index is 11.5. The molecule has 5 aliphatic rings. The van der Waals surface area contributed by atoms with Gasteiger partial charge in [-0.3, -0.25) is 4.55 Å². The lowest BCUT2D eigenvalue weighted by atomic mass is 9.62. The molecular formula is C31H52O4S. The van der Waals surface area contributed by atoms with Crippen molar-refractivity contribution in [3.05, 3.63) is 0 Å². The molecule has 206 valence electrons. The highest BCUT2D eigenvalue weighted by Crippen LogP contribution is 2.49. The third-order valence-corrected chi connectivity index (χ3v) is 13.6. The minimum atomic E-state index is -3.84. The Morgan fingerprint density at radius 3 is 0.861 bits per heavy atom. The summed E-state index contributed by atoms with van der Waals surface area (Å²) in [6.07, 6.45) is 26.7. The van der Waals surface area contributed by atoms with Gasteiger partial charge in [0, 0.05) is 5.92 Å². The van der Waals surface area contributed by atoms with Crippen molar-refractivity contribution in [2.24, 2.45) is 53.3 Å². The van der Waals surface area contributed by atoms with Crippen LogP contribution in [0.2, 0.25) is 0 Å². The normalized spacial score (nSPS) is 45.1. The van der Waals surface area contributed by atoms with Crippen LogP contribution in [0, 0.1) is 53.3 Å². The Kier molecular flexibility index (Phi) is 9.19. The Morgan fingerprint density at radius 2 is 0.639 bits per heavy atom. The predicted octanol–water partition coefficient (Wildman–Crippen LogP) is 7.86. The highest BCUT2D eigenvalue weighted by molar-refractivity contribution is 7.86. The Bertz CT molecular complexity index is 784. The van der Waals surface area contributed by atoms with Crippen LogP contribution in [0.1, 0.15) is 128 Å². The average molecular weight is 521 g/mol. The van der Waals surface area contributed by atoms with Gasteiger partial charge in [-0.15, -0.1) is 0 Å². The molecule has 1 N–H and O–H groups in total. The molecule has 0 unspecified atom stereocenters. The van der Waals surface area contributed by atoms with Crippen molar-refractivity contribution < 1.29 is 17.8 Å². The zero-order valence-electron chi connectivity index (χ0n) is 22.6. The van der Waals surface area contributed by atoms with E-state index in [1.165, 1.54) is 96.2 Å². The number of aldehydes is 1. The SMILES string of the molecule is O=CC1CCC(C2CCC(C3CCC(C4CCC(C5CCC(S(=O)(=O)O)CC5)CC4)CC3)CC2)CC1. The summed E-state index contributed by atoms with van der Waals surface area (Å²) in [6.45, 7) is 0. The van der Waals surface area contributed by atoms with Crippen LogP contribution in [0.25, 0.3) is 0 Å². The monoisotopic (exact) mass is 520 g/mol. The first kappa shape index (κ1) is 27.2. The molecule has 0 spiro atoms. The zero-order chi connectivity index (χ0) is 25.1. The fourth-order valence-corrected chi connectivity index (χ4v) is 10.7. The van der Waals surface area contributed by atoms with Gasteiger partial charge in [0.25, 0.3) is 10.1 Å². The Morgan fingerprint density at radius 1 is 0.417 bits per heavy atom. The summed E-state index contributed by atoms with van der Waals surface area (Å²) < 4.78 is 32.3. The number of rotatable bonds is 6. The van der Waals surface area contributed by atoms with E-state index < -0.39 is 15.4 Å². The number of hydrogen-bond donors (Lipinski definition) is 1. The molecule has 0 saturated heterocycles. The number of hydrogen-bond acceptors (Lipinski definition) is 3. The summed E-state index contributed by atoms with van der Waals surface area (Å²) in [7, 11) is -3.84. The minimum absolute atomic E-state index is 0.357. The van der Waals surface area contributed by atoms with Crippen LogP contribution < -0.4 is 0 Å². The van der Waals surface area contributed by atoms with Gasteiger partial charge < -0.3 is 4.79 Å². The van der Waals surface area contributed by atoms with Crippen LogP contribution in [0.5, 0.6) is 0 Å². The molecule has 0 heterocycles. The van der Waals surface area contributed by atoms with Gasteiger partial charge in [-0.25, -0.2) is 0 Å². The Hall–Kier alpha value is -0.420. The fraction of sp³-hybridized carbons (Fsp3) is 0.968. The molecule has 0 bridgehead atoms. The molecule has 5 aliphatic carbocycles. The number of carbonyl (C=O) groups excluding carboxylic acids is 1. The van der Waals surface area contributed by atoms with E-state index in [1.807, 2.05) is 0 Å². The first-order chi connectivity index (χ1) is 17.4. The minimum Gasteiger partial charge on any atom is -0.303 e. The van der Waals surface area contributed by atoms with Crippen LogP contribution in [-0.4, -0.2) is 24.5 Å². The largest absolute Gasteiger partial charge is 0.303 e. The average Bonchev–Trinajstić information content (AvgIpc) is 2.93. The molecule has 4 nitrogen and oxygen atoms in total. The van der Waals surface area contributed by atoms with Gasteiger partial charge in [0.05, 0.1) is 5.25 Å². The van der Waals surface area contributed by atoms with Gasteiger partial charge in [0.2, 0.25) is 0 Å². The molecule has 0 aromatic rings. The summed E-state index contributed by atoms with van der Waals surface area (Å²) in [5.41, 5.74) is 0. The van der Waals surface area contributed by atoms with E-state index in [1.54, 1.807) is 0 Å². The van der Waals surface area contributed by atoms with Crippen molar-refractivity contribution in [2.75, 3.05) is 0 Å². The smallest absolute Gasteiger partial charge is 0.267 e. The molecule has 5 saturated carbocycles. The van der Waals surface area contributed by atoms with Crippen LogP contribution >= 0.6 is 0 Å². The fourth-order valence-electron chi connectivity index (χ4n) is 9.87. The summed E-state index contributed by atoms with van der Waals surface area (Å²) in [5, 5.41) is -0.501. The van der Waals surface area contributed by atoms with Crippen LogP contribution in [0.15, 0.2) is 0 Å². The third kappa shape index (κ3) is 6.58. The van der Waals surface area contributed by atoms with E-state index in [-0.39, 0.29) is 0 Å². The lowest BCUT2D eigenvalue weighted by Gasteiger charge is -2.43. The molecule has 0 aliphatic heterocycles. The van der Waals surface area contributed by atoms with Gasteiger partial charge in [0.1, 0.15) is 6.29 Å². The summed E-state index contributed by atoms with van der Waals surface area (Å²) >= 11 is 0. The van der Waals surface area contributed by atoms with Crippen LogP contribution in [0.3, 0.4) is 0 Å². The topological polar surface area (TPSA) is 71.4 Å². The van der Waals surface area contributed by atoms with Crippen molar-refractivity contribution >= 4 is 16.4 Å². The predicted molar refractivity (Wildman–Crippen MR) is 145 cm³/mol. The van der Waals surface area contributed by atoms with Gasteiger partial charge in [-0.05, 0) is 176 Å². The molecule has 0 atom stereocenters. The van der Waals surface area contributed by atoms with E-state index in [0.717, 1.165) is 67.1 Å². The highest BCUT2D eigenvalue weighted by atomic mass is 32.2. The van der Waals surface area contributed by atoms with Crippen LogP contribution in [-0.2, 0) is 14.9 Å². The van der Waals surface area contributed by atoms with Crippen LogP contribution in [0.4, 0.5) is 0 Å². The molecule has 36 heavy (non-hydrogen) atoms. The maximum atomic E-state index is 11.5.